The molecular formula is C18H18ClN3O. The maximum atomic E-state index is 12.8. The minimum absolute atomic E-state index is 0.0369. The molecule has 0 saturated heterocycles. The van der Waals surface area contributed by atoms with Crippen LogP contribution in [0.1, 0.15) is 36.7 Å². The van der Waals surface area contributed by atoms with E-state index < -0.39 is 0 Å². The van der Waals surface area contributed by atoms with E-state index in [2.05, 4.69) is 9.97 Å². The van der Waals surface area contributed by atoms with Crippen LogP contribution in [0.2, 0.25) is 5.02 Å². The highest BCUT2D eigenvalue weighted by molar-refractivity contribution is 6.30. The average molecular weight is 328 g/mol. The van der Waals surface area contributed by atoms with E-state index in [1.165, 1.54) is 0 Å². The predicted molar refractivity (Wildman–Crippen MR) is 90.0 cm³/mol. The molecule has 0 aliphatic heterocycles. The molecule has 1 heterocycles. The van der Waals surface area contributed by atoms with E-state index in [-0.39, 0.29) is 11.9 Å². The molecule has 0 bridgehead atoms. The van der Waals surface area contributed by atoms with Crippen LogP contribution in [0.3, 0.4) is 0 Å². The number of benzene rings is 1. The van der Waals surface area contributed by atoms with Gasteiger partial charge < -0.3 is 4.90 Å². The van der Waals surface area contributed by atoms with E-state index >= 15 is 0 Å². The molecule has 0 saturated carbocycles. The Morgan fingerprint density at radius 1 is 1.22 bits per heavy atom. The van der Waals surface area contributed by atoms with Crippen LogP contribution in [0.25, 0.3) is 0 Å². The molecule has 1 aliphatic rings. The zero-order valence-corrected chi connectivity index (χ0v) is 13.7. The maximum Gasteiger partial charge on any atom is 0.250 e. The van der Waals surface area contributed by atoms with Gasteiger partial charge in [-0.25, -0.2) is 9.97 Å². The van der Waals surface area contributed by atoms with Gasteiger partial charge in [-0.15, -0.1) is 0 Å². The normalized spacial score (nSPS) is 15.1. The van der Waals surface area contributed by atoms with Crippen molar-refractivity contribution in [2.45, 2.75) is 25.3 Å². The fourth-order valence-electron chi connectivity index (χ4n) is 2.85. The van der Waals surface area contributed by atoms with Crippen molar-refractivity contribution in [3.05, 3.63) is 70.8 Å². The van der Waals surface area contributed by atoms with Gasteiger partial charge >= 0.3 is 0 Å². The minimum Gasteiger partial charge on any atom is -0.328 e. The SMILES string of the molecule is CN(C(=O)C1=CCCC1)C(c1ccc(Cl)cc1)c1ncccn1. The van der Waals surface area contributed by atoms with Crippen LogP contribution >= 0.6 is 11.6 Å². The monoisotopic (exact) mass is 327 g/mol. The molecule has 118 valence electrons. The number of halogens is 1. The Hall–Kier alpha value is -2.20. The Morgan fingerprint density at radius 2 is 1.91 bits per heavy atom. The van der Waals surface area contributed by atoms with Gasteiger partial charge in [0.15, 0.2) is 5.82 Å². The lowest BCUT2D eigenvalue weighted by molar-refractivity contribution is -0.127. The van der Waals surface area contributed by atoms with Gasteiger partial charge in [-0.1, -0.05) is 29.8 Å². The highest BCUT2D eigenvalue weighted by Crippen LogP contribution is 2.29. The van der Waals surface area contributed by atoms with Crippen molar-refractivity contribution in [1.82, 2.24) is 14.9 Å². The van der Waals surface area contributed by atoms with Gasteiger partial charge in [0.2, 0.25) is 5.91 Å². The van der Waals surface area contributed by atoms with Crippen LogP contribution < -0.4 is 0 Å². The summed E-state index contributed by atoms with van der Waals surface area (Å²) in [6.45, 7) is 0. The van der Waals surface area contributed by atoms with Gasteiger partial charge in [-0.2, -0.15) is 0 Å². The quantitative estimate of drug-likeness (QED) is 0.858. The molecule has 0 fully saturated rings. The molecule has 1 atom stereocenters. The topological polar surface area (TPSA) is 46.1 Å². The number of likely N-dealkylation sites (N-methyl/N-ethyl adjacent to an activating group) is 1. The summed E-state index contributed by atoms with van der Waals surface area (Å²) in [6, 6.07) is 8.90. The van der Waals surface area contributed by atoms with E-state index in [1.54, 1.807) is 30.4 Å². The van der Waals surface area contributed by atoms with Gasteiger partial charge in [0.1, 0.15) is 6.04 Å². The lowest BCUT2D eigenvalue weighted by Crippen LogP contribution is -2.33. The zero-order valence-electron chi connectivity index (χ0n) is 12.9. The summed E-state index contributed by atoms with van der Waals surface area (Å²) in [7, 11) is 1.80. The van der Waals surface area contributed by atoms with E-state index in [4.69, 9.17) is 11.6 Å². The van der Waals surface area contributed by atoms with E-state index in [9.17, 15) is 4.79 Å². The Bertz CT molecular complexity index is 713. The number of aromatic nitrogens is 2. The van der Waals surface area contributed by atoms with Crippen molar-refractivity contribution in [3.63, 3.8) is 0 Å². The number of carbonyl (C=O) groups excluding carboxylic acids is 1. The molecule has 5 heteroatoms. The molecule has 4 nitrogen and oxygen atoms in total. The van der Waals surface area contributed by atoms with Crippen molar-refractivity contribution < 1.29 is 4.79 Å². The summed E-state index contributed by atoms with van der Waals surface area (Å²) < 4.78 is 0. The van der Waals surface area contributed by atoms with Gasteiger partial charge in [0.25, 0.3) is 0 Å². The lowest BCUT2D eigenvalue weighted by atomic mass is 10.0. The van der Waals surface area contributed by atoms with Crippen LogP contribution in [0.4, 0.5) is 0 Å². The number of allylic oxidation sites excluding steroid dienone is 1. The Kier molecular flexibility index (Phi) is 4.72. The molecule has 0 N–H and O–H groups in total. The van der Waals surface area contributed by atoms with Gasteiger partial charge in [-0.3, -0.25) is 4.79 Å². The molecule has 1 aliphatic carbocycles. The van der Waals surface area contributed by atoms with Crippen LogP contribution in [0, 0.1) is 0 Å². The summed E-state index contributed by atoms with van der Waals surface area (Å²) in [5.41, 5.74) is 1.82. The molecular weight excluding hydrogens is 310 g/mol. The lowest BCUT2D eigenvalue weighted by Gasteiger charge is -2.28. The van der Waals surface area contributed by atoms with Gasteiger partial charge in [-0.05, 0) is 43.0 Å². The first-order valence-electron chi connectivity index (χ1n) is 7.65. The van der Waals surface area contributed by atoms with E-state index in [0.29, 0.717) is 10.8 Å². The number of rotatable bonds is 4. The van der Waals surface area contributed by atoms with E-state index in [0.717, 1.165) is 30.4 Å². The summed E-state index contributed by atoms with van der Waals surface area (Å²) in [6.07, 6.45) is 8.28. The highest BCUT2D eigenvalue weighted by Gasteiger charge is 2.28. The van der Waals surface area contributed by atoms with Crippen molar-refractivity contribution in [3.8, 4) is 0 Å². The molecule has 3 rings (SSSR count). The van der Waals surface area contributed by atoms with Crippen molar-refractivity contribution in [2.24, 2.45) is 0 Å². The molecule has 23 heavy (non-hydrogen) atoms. The average Bonchev–Trinajstić information content (AvgIpc) is 3.11. The fraction of sp³-hybridized carbons (Fsp3) is 0.278. The van der Waals surface area contributed by atoms with Crippen molar-refractivity contribution in [1.29, 1.82) is 0 Å². The Balaban J connectivity index is 1.97. The zero-order chi connectivity index (χ0) is 16.2. The molecule has 1 unspecified atom stereocenters. The molecule has 1 aromatic carbocycles. The van der Waals surface area contributed by atoms with Crippen LogP contribution in [0.15, 0.2) is 54.4 Å². The van der Waals surface area contributed by atoms with Crippen molar-refractivity contribution in [2.75, 3.05) is 7.05 Å². The largest absolute Gasteiger partial charge is 0.328 e. The van der Waals surface area contributed by atoms with Crippen molar-refractivity contribution >= 4 is 17.5 Å². The summed E-state index contributed by atoms with van der Waals surface area (Å²) in [5, 5.41) is 0.661. The first-order valence-corrected chi connectivity index (χ1v) is 8.03. The first-order chi connectivity index (χ1) is 11.2. The predicted octanol–water partition coefficient (Wildman–Crippen LogP) is 3.79. The second-order valence-electron chi connectivity index (χ2n) is 5.60. The third-order valence-corrected chi connectivity index (χ3v) is 4.29. The second-order valence-corrected chi connectivity index (χ2v) is 6.04. The number of nitrogens with zero attached hydrogens (tertiary/aromatic N) is 3. The highest BCUT2D eigenvalue weighted by atomic mass is 35.5. The number of hydrogen-bond donors (Lipinski definition) is 0. The standard InChI is InChI=1S/C18H18ClN3O/c1-22(18(23)14-5-2-3-6-14)16(17-20-11-4-12-21-17)13-7-9-15(19)10-8-13/h4-5,7-12,16H,2-3,6H2,1H3. The Morgan fingerprint density at radius 3 is 2.52 bits per heavy atom. The molecule has 0 radical (unpaired) electrons. The molecule has 1 aromatic heterocycles. The smallest absolute Gasteiger partial charge is 0.250 e. The van der Waals surface area contributed by atoms with Crippen LogP contribution in [0.5, 0.6) is 0 Å². The van der Waals surface area contributed by atoms with E-state index in [1.807, 2.05) is 30.3 Å². The van der Waals surface area contributed by atoms with Crippen LogP contribution in [-0.4, -0.2) is 27.8 Å². The van der Waals surface area contributed by atoms with Gasteiger partial charge in [0, 0.05) is 30.0 Å². The third-order valence-electron chi connectivity index (χ3n) is 4.04. The third kappa shape index (κ3) is 3.42. The fourth-order valence-corrected chi connectivity index (χ4v) is 2.98. The summed E-state index contributed by atoms with van der Waals surface area (Å²) in [4.78, 5) is 23.2. The molecule has 2 aromatic rings. The number of carbonyl (C=O) groups is 1. The molecule has 0 spiro atoms. The first kappa shape index (κ1) is 15.7. The Labute approximate surface area is 140 Å². The number of amides is 1. The number of hydrogen-bond acceptors (Lipinski definition) is 3. The minimum atomic E-state index is -0.331. The maximum absolute atomic E-state index is 12.8. The summed E-state index contributed by atoms with van der Waals surface area (Å²) in [5.74, 6) is 0.638. The second kappa shape index (κ2) is 6.92. The van der Waals surface area contributed by atoms with Crippen LogP contribution in [-0.2, 0) is 4.79 Å². The van der Waals surface area contributed by atoms with Gasteiger partial charge in [0.05, 0.1) is 0 Å². The molecule has 1 amide bonds. The summed E-state index contributed by atoms with van der Waals surface area (Å²) >= 11 is 5.99.